The summed E-state index contributed by atoms with van der Waals surface area (Å²) in [5.41, 5.74) is 8.31. The predicted octanol–water partition coefficient (Wildman–Crippen LogP) is 2.09. The average molecular weight is 422 g/mol. The molecule has 0 aliphatic carbocycles. The van der Waals surface area contributed by atoms with Crippen LogP contribution in [0.1, 0.15) is 38.3 Å². The molecule has 2 aromatic carbocycles. The van der Waals surface area contributed by atoms with Crippen LogP contribution in [-0.4, -0.2) is 65.5 Å². The Bertz CT molecular complexity index is 932. The number of nitrogens with zero attached hydrogens (tertiary/aromatic N) is 2. The lowest BCUT2D eigenvalue weighted by Crippen LogP contribution is -2.40. The van der Waals surface area contributed by atoms with Crippen molar-refractivity contribution in [2.75, 3.05) is 32.8 Å². The third-order valence-electron chi connectivity index (χ3n) is 6.89. The Balaban J connectivity index is 1.38. The van der Waals surface area contributed by atoms with Crippen LogP contribution in [0.25, 0.3) is 0 Å². The van der Waals surface area contributed by atoms with Gasteiger partial charge in [-0.25, -0.2) is 0 Å². The summed E-state index contributed by atoms with van der Waals surface area (Å²) in [7, 11) is 0. The van der Waals surface area contributed by atoms with E-state index in [0.29, 0.717) is 36.1 Å². The quantitative estimate of drug-likeness (QED) is 0.717. The van der Waals surface area contributed by atoms with Crippen molar-refractivity contribution in [1.82, 2.24) is 9.80 Å². The van der Waals surface area contributed by atoms with Gasteiger partial charge < -0.3 is 15.7 Å². The van der Waals surface area contributed by atoms with Crippen LogP contribution in [0.15, 0.2) is 48.5 Å². The van der Waals surface area contributed by atoms with Crippen molar-refractivity contribution >= 4 is 11.8 Å². The molecule has 2 unspecified atom stereocenters. The van der Waals surface area contributed by atoms with Gasteiger partial charge in [-0.15, -0.1) is 0 Å². The first kappa shape index (κ1) is 21.5. The van der Waals surface area contributed by atoms with E-state index < -0.39 is 5.91 Å². The number of fused-ring (bicyclic) bond motifs is 1. The van der Waals surface area contributed by atoms with E-state index in [1.165, 1.54) is 5.56 Å². The van der Waals surface area contributed by atoms with Gasteiger partial charge in [0.2, 0.25) is 5.91 Å². The summed E-state index contributed by atoms with van der Waals surface area (Å²) in [6, 6.07) is 15.7. The van der Waals surface area contributed by atoms with Crippen molar-refractivity contribution in [3.05, 3.63) is 70.8 Å². The summed E-state index contributed by atoms with van der Waals surface area (Å²) < 4.78 is 0. The molecule has 2 aliphatic heterocycles. The van der Waals surface area contributed by atoms with E-state index in [2.05, 4.69) is 17.0 Å². The summed E-state index contributed by atoms with van der Waals surface area (Å²) in [6.45, 7) is 5.15. The van der Waals surface area contributed by atoms with Gasteiger partial charge in [0.1, 0.15) is 0 Å². The average Bonchev–Trinajstić information content (AvgIpc) is 3.34. The number of primary amides is 1. The van der Waals surface area contributed by atoms with Gasteiger partial charge in [-0.2, -0.15) is 0 Å². The fourth-order valence-corrected chi connectivity index (χ4v) is 5.18. The van der Waals surface area contributed by atoms with E-state index in [4.69, 9.17) is 5.73 Å². The van der Waals surface area contributed by atoms with Crippen molar-refractivity contribution in [1.29, 1.82) is 0 Å². The highest BCUT2D eigenvalue weighted by atomic mass is 16.3. The van der Waals surface area contributed by atoms with Gasteiger partial charge in [0.15, 0.2) is 0 Å². The monoisotopic (exact) mass is 421 g/mol. The Morgan fingerprint density at radius 2 is 1.71 bits per heavy atom. The van der Waals surface area contributed by atoms with E-state index in [1.807, 2.05) is 36.1 Å². The SMILES string of the molecule is Cc1cccc(C(N)=O)c1C(=O)N1CC2CN([C@H](CO)CCc3ccccc3)CC2C1. The molecule has 2 aliphatic rings. The Labute approximate surface area is 183 Å². The van der Waals surface area contributed by atoms with Gasteiger partial charge in [-0.1, -0.05) is 42.5 Å². The van der Waals surface area contributed by atoms with Crippen LogP contribution in [0.4, 0.5) is 0 Å². The predicted molar refractivity (Wildman–Crippen MR) is 120 cm³/mol. The molecule has 3 N–H and O–H groups in total. The molecule has 0 aromatic heterocycles. The van der Waals surface area contributed by atoms with E-state index >= 15 is 0 Å². The Kier molecular flexibility index (Phi) is 6.39. The topological polar surface area (TPSA) is 86.9 Å². The second-order valence-corrected chi connectivity index (χ2v) is 8.91. The third-order valence-corrected chi connectivity index (χ3v) is 6.89. The van der Waals surface area contributed by atoms with Crippen LogP contribution in [0, 0.1) is 18.8 Å². The molecule has 2 heterocycles. The highest BCUT2D eigenvalue weighted by Gasteiger charge is 2.43. The first-order chi connectivity index (χ1) is 15.0. The van der Waals surface area contributed by atoms with Gasteiger partial charge in [-0.3, -0.25) is 14.5 Å². The number of hydrogen-bond acceptors (Lipinski definition) is 4. The summed E-state index contributed by atoms with van der Waals surface area (Å²) in [4.78, 5) is 29.3. The first-order valence-electron chi connectivity index (χ1n) is 11.1. The molecule has 31 heavy (non-hydrogen) atoms. The van der Waals surface area contributed by atoms with Crippen molar-refractivity contribution < 1.29 is 14.7 Å². The largest absolute Gasteiger partial charge is 0.395 e. The summed E-state index contributed by atoms with van der Waals surface area (Å²) in [6.07, 6.45) is 1.87. The highest BCUT2D eigenvalue weighted by Crippen LogP contribution is 2.34. The molecule has 6 heteroatoms. The van der Waals surface area contributed by atoms with Gasteiger partial charge in [0.25, 0.3) is 5.91 Å². The van der Waals surface area contributed by atoms with Crippen LogP contribution in [0.3, 0.4) is 0 Å². The molecule has 2 fully saturated rings. The molecule has 0 bridgehead atoms. The summed E-state index contributed by atoms with van der Waals surface area (Å²) in [5.74, 6) is 0.129. The summed E-state index contributed by atoms with van der Waals surface area (Å²) in [5, 5.41) is 9.98. The van der Waals surface area contributed by atoms with Crippen LogP contribution in [0.5, 0.6) is 0 Å². The summed E-state index contributed by atoms with van der Waals surface area (Å²) >= 11 is 0. The fourth-order valence-electron chi connectivity index (χ4n) is 5.18. The number of carbonyl (C=O) groups is 2. The van der Waals surface area contributed by atoms with Crippen molar-refractivity contribution in [2.45, 2.75) is 25.8 Å². The number of benzene rings is 2. The van der Waals surface area contributed by atoms with E-state index in [1.54, 1.807) is 12.1 Å². The molecule has 4 rings (SSSR count). The number of rotatable bonds is 7. The zero-order valence-electron chi connectivity index (χ0n) is 18.0. The normalized spacial score (nSPS) is 21.8. The third kappa shape index (κ3) is 4.50. The maximum Gasteiger partial charge on any atom is 0.254 e. The number of aliphatic hydroxyl groups is 1. The lowest BCUT2D eigenvalue weighted by molar-refractivity contribution is 0.0751. The minimum absolute atomic E-state index is 0.101. The molecule has 164 valence electrons. The molecule has 2 amide bonds. The highest BCUT2D eigenvalue weighted by molar-refractivity contribution is 6.07. The maximum absolute atomic E-state index is 13.2. The van der Waals surface area contributed by atoms with Crippen LogP contribution >= 0.6 is 0 Å². The second-order valence-electron chi connectivity index (χ2n) is 8.91. The van der Waals surface area contributed by atoms with Crippen molar-refractivity contribution in [3.63, 3.8) is 0 Å². The second kappa shape index (κ2) is 9.20. The molecular formula is C25H31N3O3. The molecular weight excluding hydrogens is 390 g/mol. The van der Waals surface area contributed by atoms with Gasteiger partial charge in [0.05, 0.1) is 17.7 Å². The van der Waals surface area contributed by atoms with Crippen molar-refractivity contribution in [3.8, 4) is 0 Å². The fraction of sp³-hybridized carbons (Fsp3) is 0.440. The van der Waals surface area contributed by atoms with E-state index in [9.17, 15) is 14.7 Å². The number of aliphatic hydroxyl groups excluding tert-OH is 1. The lowest BCUT2D eigenvalue weighted by atomic mass is 10.00. The molecule has 0 radical (unpaired) electrons. The van der Waals surface area contributed by atoms with Gasteiger partial charge in [0, 0.05) is 32.2 Å². The number of hydrogen-bond donors (Lipinski definition) is 2. The molecule has 2 aromatic rings. The van der Waals surface area contributed by atoms with Crippen LogP contribution in [-0.2, 0) is 6.42 Å². The Morgan fingerprint density at radius 3 is 2.32 bits per heavy atom. The number of amides is 2. The molecule has 6 nitrogen and oxygen atoms in total. The van der Waals surface area contributed by atoms with Gasteiger partial charge >= 0.3 is 0 Å². The van der Waals surface area contributed by atoms with E-state index in [0.717, 1.165) is 31.5 Å². The standard InChI is InChI=1S/C25H31N3O3/c1-17-6-5-9-22(24(26)30)23(17)25(31)28-14-19-12-27(13-20(19)15-28)21(16-29)11-10-18-7-3-2-4-8-18/h2-9,19-21,29H,10-16H2,1H3,(H2,26,30)/t19?,20?,21-/m0/s1. The van der Waals surface area contributed by atoms with Crippen LogP contribution in [0.2, 0.25) is 0 Å². The minimum atomic E-state index is -0.568. The number of carbonyl (C=O) groups excluding carboxylic acids is 2. The number of aryl methyl sites for hydroxylation is 2. The maximum atomic E-state index is 13.2. The molecule has 0 spiro atoms. The van der Waals surface area contributed by atoms with Gasteiger partial charge in [-0.05, 0) is 48.8 Å². The molecule has 0 saturated carbocycles. The Hall–Kier alpha value is -2.70. The molecule has 3 atom stereocenters. The zero-order chi connectivity index (χ0) is 22.0. The molecule has 2 saturated heterocycles. The minimum Gasteiger partial charge on any atom is -0.395 e. The number of nitrogens with two attached hydrogens (primary N) is 1. The zero-order valence-corrected chi connectivity index (χ0v) is 18.0. The van der Waals surface area contributed by atoms with E-state index in [-0.39, 0.29) is 18.6 Å². The van der Waals surface area contributed by atoms with Crippen LogP contribution < -0.4 is 5.73 Å². The first-order valence-corrected chi connectivity index (χ1v) is 11.1. The Morgan fingerprint density at radius 1 is 1.03 bits per heavy atom. The lowest BCUT2D eigenvalue weighted by Gasteiger charge is -2.28. The smallest absolute Gasteiger partial charge is 0.254 e. The number of likely N-dealkylation sites (tertiary alicyclic amines) is 2. The van der Waals surface area contributed by atoms with Crippen molar-refractivity contribution in [2.24, 2.45) is 17.6 Å².